The van der Waals surface area contributed by atoms with Crippen LogP contribution in [-0.2, 0) is 4.79 Å². The molecule has 74 valence electrons. The molecule has 0 aromatic carbocycles. The van der Waals surface area contributed by atoms with Crippen molar-refractivity contribution in [3.05, 3.63) is 0 Å². The van der Waals surface area contributed by atoms with E-state index in [0.717, 1.165) is 25.7 Å². The molecule has 1 saturated heterocycles. The molecule has 1 amide bonds. The van der Waals surface area contributed by atoms with Crippen LogP contribution in [0.1, 0.15) is 25.7 Å². The zero-order valence-electron chi connectivity index (χ0n) is 7.70. The fourth-order valence-electron chi connectivity index (χ4n) is 2.16. The maximum atomic E-state index is 11.8. The molecule has 0 aromatic heterocycles. The van der Waals surface area contributed by atoms with Crippen molar-refractivity contribution < 1.29 is 9.90 Å². The molecule has 2 fully saturated rings. The van der Waals surface area contributed by atoms with E-state index >= 15 is 0 Å². The summed E-state index contributed by atoms with van der Waals surface area (Å²) >= 11 is 0. The summed E-state index contributed by atoms with van der Waals surface area (Å²) in [5.41, 5.74) is 5.37. The fourth-order valence-corrected chi connectivity index (χ4v) is 2.16. The third-order valence-corrected chi connectivity index (χ3v) is 3.07. The zero-order chi connectivity index (χ0) is 9.47. The number of nitrogens with two attached hydrogens (primary N) is 1. The molecular weight excluding hydrogens is 168 g/mol. The molecule has 2 rings (SSSR count). The van der Waals surface area contributed by atoms with Crippen molar-refractivity contribution in [3.8, 4) is 0 Å². The van der Waals surface area contributed by atoms with Gasteiger partial charge in [0.05, 0.1) is 11.6 Å². The summed E-state index contributed by atoms with van der Waals surface area (Å²) in [5.74, 6) is 0.0373. The van der Waals surface area contributed by atoms with Crippen LogP contribution >= 0.6 is 0 Å². The average Bonchev–Trinajstić information content (AvgIpc) is 2.46. The minimum absolute atomic E-state index is 0.0373. The van der Waals surface area contributed by atoms with Crippen molar-refractivity contribution in [2.45, 2.75) is 37.3 Å². The Labute approximate surface area is 77.7 Å². The Kier molecular flexibility index (Phi) is 2.04. The van der Waals surface area contributed by atoms with E-state index in [4.69, 9.17) is 10.8 Å². The molecule has 0 spiro atoms. The van der Waals surface area contributed by atoms with Crippen molar-refractivity contribution in [1.29, 1.82) is 0 Å². The molecule has 3 N–H and O–H groups in total. The normalized spacial score (nSPS) is 27.4. The minimum Gasteiger partial charge on any atom is -0.389 e. The van der Waals surface area contributed by atoms with Crippen molar-refractivity contribution >= 4 is 5.91 Å². The molecule has 1 aliphatic heterocycles. The van der Waals surface area contributed by atoms with Crippen LogP contribution < -0.4 is 5.73 Å². The molecule has 1 heterocycles. The average molecular weight is 184 g/mol. The second-order valence-electron chi connectivity index (χ2n) is 4.23. The minimum atomic E-state index is -0.611. The lowest BCUT2D eigenvalue weighted by molar-refractivity contribution is -0.147. The number of carbonyl (C=O) groups excluding carboxylic acids is 1. The largest absolute Gasteiger partial charge is 0.389 e. The fraction of sp³-hybridized carbons (Fsp3) is 0.889. The van der Waals surface area contributed by atoms with Crippen LogP contribution in [0.2, 0.25) is 0 Å². The first-order chi connectivity index (χ1) is 6.12. The van der Waals surface area contributed by atoms with Crippen LogP contribution in [0.4, 0.5) is 0 Å². The van der Waals surface area contributed by atoms with E-state index in [-0.39, 0.29) is 12.0 Å². The van der Waals surface area contributed by atoms with Crippen molar-refractivity contribution in [3.63, 3.8) is 0 Å². The van der Waals surface area contributed by atoms with Crippen LogP contribution in [0.5, 0.6) is 0 Å². The Morgan fingerprint density at radius 3 is 2.38 bits per heavy atom. The SMILES string of the molecule is NC1(C(=O)N2CC(O)C2)CCCC1. The van der Waals surface area contributed by atoms with Crippen molar-refractivity contribution in [1.82, 2.24) is 4.90 Å². The van der Waals surface area contributed by atoms with E-state index in [9.17, 15) is 4.79 Å². The van der Waals surface area contributed by atoms with Gasteiger partial charge in [-0.05, 0) is 12.8 Å². The van der Waals surface area contributed by atoms with Gasteiger partial charge in [0.15, 0.2) is 0 Å². The number of hydrogen-bond donors (Lipinski definition) is 2. The van der Waals surface area contributed by atoms with E-state index in [1.807, 2.05) is 0 Å². The maximum absolute atomic E-state index is 11.8. The van der Waals surface area contributed by atoms with Gasteiger partial charge < -0.3 is 15.7 Å². The number of rotatable bonds is 1. The van der Waals surface area contributed by atoms with Crippen molar-refractivity contribution in [2.24, 2.45) is 5.73 Å². The summed E-state index contributed by atoms with van der Waals surface area (Å²) in [4.78, 5) is 13.4. The number of aliphatic hydroxyl groups is 1. The molecule has 0 unspecified atom stereocenters. The van der Waals surface area contributed by atoms with E-state index in [2.05, 4.69) is 0 Å². The van der Waals surface area contributed by atoms with Gasteiger partial charge >= 0.3 is 0 Å². The molecule has 4 nitrogen and oxygen atoms in total. The van der Waals surface area contributed by atoms with Gasteiger partial charge in [-0.15, -0.1) is 0 Å². The van der Waals surface area contributed by atoms with Gasteiger partial charge in [0.2, 0.25) is 5.91 Å². The third kappa shape index (κ3) is 1.44. The van der Waals surface area contributed by atoms with Gasteiger partial charge in [-0.2, -0.15) is 0 Å². The predicted octanol–water partition coefficient (Wildman–Crippen LogP) is -0.539. The Morgan fingerprint density at radius 1 is 1.38 bits per heavy atom. The Hall–Kier alpha value is -0.610. The van der Waals surface area contributed by atoms with E-state index in [1.54, 1.807) is 4.90 Å². The molecule has 4 heteroatoms. The van der Waals surface area contributed by atoms with E-state index < -0.39 is 5.54 Å². The van der Waals surface area contributed by atoms with Gasteiger partial charge in [-0.25, -0.2) is 0 Å². The summed E-state index contributed by atoms with van der Waals surface area (Å²) in [6, 6.07) is 0. The highest BCUT2D eigenvalue weighted by Gasteiger charge is 2.43. The van der Waals surface area contributed by atoms with Crippen molar-refractivity contribution in [2.75, 3.05) is 13.1 Å². The standard InChI is InChI=1S/C9H16N2O2/c10-9(3-1-2-4-9)8(13)11-5-7(12)6-11/h7,12H,1-6,10H2. The maximum Gasteiger partial charge on any atom is 0.242 e. The molecule has 1 aliphatic carbocycles. The number of carbonyl (C=O) groups is 1. The van der Waals surface area contributed by atoms with Gasteiger partial charge in [0.25, 0.3) is 0 Å². The Morgan fingerprint density at radius 2 is 1.92 bits per heavy atom. The predicted molar refractivity (Wildman–Crippen MR) is 48.0 cm³/mol. The molecule has 2 aliphatic rings. The lowest BCUT2D eigenvalue weighted by atomic mass is 9.95. The van der Waals surface area contributed by atoms with E-state index in [0.29, 0.717) is 13.1 Å². The van der Waals surface area contributed by atoms with Gasteiger partial charge in [0, 0.05) is 13.1 Å². The highest BCUT2D eigenvalue weighted by atomic mass is 16.3. The van der Waals surface area contributed by atoms with Crippen LogP contribution in [-0.4, -0.2) is 40.6 Å². The number of amides is 1. The Balaban J connectivity index is 1.96. The second kappa shape index (κ2) is 2.96. The van der Waals surface area contributed by atoms with Crippen LogP contribution in [0.3, 0.4) is 0 Å². The smallest absolute Gasteiger partial charge is 0.242 e. The highest BCUT2D eigenvalue weighted by molar-refractivity contribution is 5.87. The lowest BCUT2D eigenvalue weighted by Crippen LogP contribution is -2.62. The summed E-state index contributed by atoms with van der Waals surface area (Å²) < 4.78 is 0. The lowest BCUT2D eigenvalue weighted by Gasteiger charge is -2.40. The number of β-amino-alcohol motifs (C(OH)–C–C–N with tert-alkyl or cyclic N) is 1. The topological polar surface area (TPSA) is 66.6 Å². The molecule has 0 atom stereocenters. The van der Waals surface area contributed by atoms with Gasteiger partial charge in [-0.3, -0.25) is 4.79 Å². The molecular formula is C9H16N2O2. The summed E-state index contributed by atoms with van der Waals surface area (Å²) in [7, 11) is 0. The number of nitrogens with zero attached hydrogens (tertiary/aromatic N) is 1. The van der Waals surface area contributed by atoms with Crippen LogP contribution in [0.15, 0.2) is 0 Å². The zero-order valence-corrected chi connectivity index (χ0v) is 7.70. The van der Waals surface area contributed by atoms with Crippen LogP contribution in [0, 0.1) is 0 Å². The molecule has 0 radical (unpaired) electrons. The molecule has 0 bridgehead atoms. The molecule has 0 aromatic rings. The first kappa shape index (κ1) is 8.97. The number of hydrogen-bond acceptors (Lipinski definition) is 3. The number of aliphatic hydroxyl groups excluding tert-OH is 1. The summed E-state index contributed by atoms with van der Waals surface area (Å²) in [6.07, 6.45) is 3.39. The van der Waals surface area contributed by atoms with Gasteiger partial charge in [-0.1, -0.05) is 12.8 Å². The molecule has 1 saturated carbocycles. The quantitative estimate of drug-likeness (QED) is 0.575. The highest BCUT2D eigenvalue weighted by Crippen LogP contribution is 2.30. The monoisotopic (exact) mass is 184 g/mol. The first-order valence-electron chi connectivity index (χ1n) is 4.88. The van der Waals surface area contributed by atoms with E-state index in [1.165, 1.54) is 0 Å². The first-order valence-corrected chi connectivity index (χ1v) is 4.88. The summed E-state index contributed by atoms with van der Waals surface area (Å²) in [5, 5.41) is 9.06. The van der Waals surface area contributed by atoms with Crippen LogP contribution in [0.25, 0.3) is 0 Å². The second-order valence-corrected chi connectivity index (χ2v) is 4.23. The molecule has 13 heavy (non-hydrogen) atoms. The van der Waals surface area contributed by atoms with Gasteiger partial charge in [0.1, 0.15) is 0 Å². The number of likely N-dealkylation sites (tertiary alicyclic amines) is 1. The Bertz CT molecular complexity index is 218. The summed E-state index contributed by atoms with van der Waals surface area (Å²) in [6.45, 7) is 0.940. The third-order valence-electron chi connectivity index (χ3n) is 3.07.